The summed E-state index contributed by atoms with van der Waals surface area (Å²) >= 11 is 10.3. The van der Waals surface area contributed by atoms with Gasteiger partial charge in [0, 0.05) is 19.6 Å². The zero-order valence-corrected chi connectivity index (χ0v) is 16.1. The molecule has 0 saturated heterocycles. The van der Waals surface area contributed by atoms with E-state index >= 15 is 0 Å². The highest BCUT2D eigenvalue weighted by molar-refractivity contribution is 9.11. The maximum absolute atomic E-state index is 14.0. The number of aromatic nitrogens is 1. The molecule has 2 aromatic rings. The van der Waals surface area contributed by atoms with E-state index in [1.54, 1.807) is 12.3 Å². The molecule has 0 radical (unpaired) electrons. The zero-order valence-electron chi connectivity index (χ0n) is 11.3. The first-order chi connectivity index (χ1) is 10.0. The molecule has 6 heteroatoms. The average Bonchev–Trinajstić information content (AvgIpc) is 2.42. The number of nitrogens with one attached hydrogen (secondary N) is 1. The van der Waals surface area contributed by atoms with E-state index in [0.717, 1.165) is 25.7 Å². The Morgan fingerprint density at radius 2 is 1.95 bits per heavy atom. The van der Waals surface area contributed by atoms with Crippen molar-refractivity contribution in [2.24, 2.45) is 0 Å². The van der Waals surface area contributed by atoms with Crippen LogP contribution in [0.1, 0.15) is 24.2 Å². The molecule has 0 aliphatic carbocycles. The van der Waals surface area contributed by atoms with Crippen molar-refractivity contribution in [1.29, 1.82) is 0 Å². The Kier molecular flexibility index (Phi) is 6.34. The van der Waals surface area contributed by atoms with Crippen LogP contribution in [0, 0.1) is 5.82 Å². The van der Waals surface area contributed by atoms with Gasteiger partial charge >= 0.3 is 0 Å². The standard InChI is InChI=1S/C15H14Br3FN2/c1-2-20-14(15-12(18)7-11(17)8-21-15)6-9-5-10(16)3-4-13(9)19/h3-5,7-8,14,20H,2,6H2,1H3. The van der Waals surface area contributed by atoms with Gasteiger partial charge in [0.05, 0.1) is 11.7 Å². The first-order valence-electron chi connectivity index (χ1n) is 6.49. The molecule has 1 unspecified atom stereocenters. The van der Waals surface area contributed by atoms with Gasteiger partial charge in [-0.05, 0) is 74.7 Å². The summed E-state index contributed by atoms with van der Waals surface area (Å²) in [6, 6.07) is 6.89. The van der Waals surface area contributed by atoms with Crippen molar-refractivity contribution in [3.8, 4) is 0 Å². The smallest absolute Gasteiger partial charge is 0.126 e. The summed E-state index contributed by atoms with van der Waals surface area (Å²) in [5, 5.41) is 3.36. The molecule has 1 heterocycles. The number of halogens is 4. The minimum absolute atomic E-state index is 0.0544. The van der Waals surface area contributed by atoms with E-state index in [9.17, 15) is 4.39 Å². The van der Waals surface area contributed by atoms with Gasteiger partial charge in [-0.15, -0.1) is 0 Å². The summed E-state index contributed by atoms with van der Waals surface area (Å²) in [6.07, 6.45) is 2.29. The van der Waals surface area contributed by atoms with E-state index in [4.69, 9.17) is 0 Å². The summed E-state index contributed by atoms with van der Waals surface area (Å²) in [5.74, 6) is -0.200. The van der Waals surface area contributed by atoms with Crippen molar-refractivity contribution in [2.75, 3.05) is 6.54 Å². The first kappa shape index (κ1) is 17.1. The number of hydrogen-bond donors (Lipinski definition) is 1. The highest BCUT2D eigenvalue weighted by Gasteiger charge is 2.18. The van der Waals surface area contributed by atoms with Crippen molar-refractivity contribution in [3.63, 3.8) is 0 Å². The van der Waals surface area contributed by atoms with Gasteiger partial charge in [0.1, 0.15) is 5.82 Å². The number of benzene rings is 1. The number of pyridine rings is 1. The molecule has 0 aliphatic rings. The average molecular weight is 481 g/mol. The number of nitrogens with zero attached hydrogens (tertiary/aromatic N) is 1. The van der Waals surface area contributed by atoms with E-state index in [1.165, 1.54) is 6.07 Å². The predicted molar refractivity (Wildman–Crippen MR) is 93.9 cm³/mol. The van der Waals surface area contributed by atoms with Gasteiger partial charge in [0.15, 0.2) is 0 Å². The summed E-state index contributed by atoms with van der Waals surface area (Å²) in [6.45, 7) is 2.81. The minimum atomic E-state index is -0.200. The van der Waals surface area contributed by atoms with Crippen molar-refractivity contribution < 1.29 is 4.39 Å². The van der Waals surface area contributed by atoms with Gasteiger partial charge < -0.3 is 5.32 Å². The van der Waals surface area contributed by atoms with Crippen LogP contribution >= 0.6 is 47.8 Å². The molecule has 1 atom stereocenters. The third kappa shape index (κ3) is 4.58. The Hall–Kier alpha value is -0.300. The van der Waals surface area contributed by atoms with Gasteiger partial charge in [-0.2, -0.15) is 0 Å². The van der Waals surface area contributed by atoms with Crippen LogP contribution in [0.15, 0.2) is 43.9 Å². The van der Waals surface area contributed by atoms with Crippen LogP contribution in [0.5, 0.6) is 0 Å². The molecule has 0 aliphatic heterocycles. The summed E-state index contributed by atoms with van der Waals surface area (Å²) in [7, 11) is 0. The topological polar surface area (TPSA) is 24.9 Å². The quantitative estimate of drug-likeness (QED) is 0.619. The fourth-order valence-corrected chi connectivity index (χ4v) is 3.79. The third-order valence-electron chi connectivity index (χ3n) is 3.05. The van der Waals surface area contributed by atoms with Crippen LogP contribution in [0.2, 0.25) is 0 Å². The highest BCUT2D eigenvalue weighted by Crippen LogP contribution is 2.28. The maximum Gasteiger partial charge on any atom is 0.126 e. The Balaban J connectivity index is 2.32. The molecule has 112 valence electrons. The molecule has 1 aromatic carbocycles. The van der Waals surface area contributed by atoms with Gasteiger partial charge in [0.25, 0.3) is 0 Å². The lowest BCUT2D eigenvalue weighted by Crippen LogP contribution is -2.24. The van der Waals surface area contributed by atoms with Crippen LogP contribution in [0.3, 0.4) is 0 Å². The Morgan fingerprint density at radius 3 is 2.62 bits per heavy atom. The molecule has 2 rings (SSSR count). The van der Waals surface area contributed by atoms with Gasteiger partial charge in [-0.3, -0.25) is 4.98 Å². The van der Waals surface area contributed by atoms with Crippen LogP contribution in [0.4, 0.5) is 4.39 Å². The Bertz CT molecular complexity index is 634. The van der Waals surface area contributed by atoms with Gasteiger partial charge in [-0.1, -0.05) is 22.9 Å². The van der Waals surface area contributed by atoms with Crippen LogP contribution in [-0.2, 0) is 6.42 Å². The lowest BCUT2D eigenvalue weighted by atomic mass is 10.0. The minimum Gasteiger partial charge on any atom is -0.309 e. The van der Waals surface area contributed by atoms with E-state index in [1.807, 2.05) is 19.1 Å². The number of rotatable bonds is 5. The second-order valence-corrected chi connectivity index (χ2v) is 7.26. The molecule has 0 spiro atoms. The summed E-state index contributed by atoms with van der Waals surface area (Å²) in [5.41, 5.74) is 1.53. The fraction of sp³-hybridized carbons (Fsp3) is 0.267. The van der Waals surface area contributed by atoms with E-state index in [2.05, 4.69) is 58.1 Å². The molecule has 0 fully saturated rings. The third-order valence-corrected chi connectivity index (χ3v) is 4.61. The van der Waals surface area contributed by atoms with Crippen LogP contribution < -0.4 is 5.32 Å². The van der Waals surface area contributed by atoms with E-state index < -0.39 is 0 Å². The number of hydrogen-bond acceptors (Lipinski definition) is 2. The maximum atomic E-state index is 14.0. The van der Waals surface area contributed by atoms with Crippen molar-refractivity contribution in [2.45, 2.75) is 19.4 Å². The van der Waals surface area contributed by atoms with Crippen molar-refractivity contribution in [1.82, 2.24) is 10.3 Å². The summed E-state index contributed by atoms with van der Waals surface area (Å²) < 4.78 is 16.6. The molecule has 2 nitrogen and oxygen atoms in total. The molecule has 0 amide bonds. The van der Waals surface area contributed by atoms with Crippen molar-refractivity contribution in [3.05, 3.63) is 61.0 Å². The van der Waals surface area contributed by atoms with E-state index in [0.29, 0.717) is 12.0 Å². The highest BCUT2D eigenvalue weighted by atomic mass is 79.9. The molecular weight excluding hydrogens is 467 g/mol. The molecule has 1 aromatic heterocycles. The van der Waals surface area contributed by atoms with Crippen molar-refractivity contribution >= 4 is 47.8 Å². The molecular formula is C15H14Br3FN2. The lowest BCUT2D eigenvalue weighted by Gasteiger charge is -2.19. The predicted octanol–water partition coefficient (Wildman–Crippen LogP) is 5.40. The summed E-state index contributed by atoms with van der Waals surface area (Å²) in [4.78, 5) is 4.45. The molecule has 21 heavy (non-hydrogen) atoms. The normalized spacial score (nSPS) is 12.4. The van der Waals surface area contributed by atoms with E-state index in [-0.39, 0.29) is 11.9 Å². The zero-order chi connectivity index (χ0) is 15.4. The number of likely N-dealkylation sites (N-methyl/N-ethyl adjacent to an activating group) is 1. The second kappa shape index (κ2) is 7.81. The second-order valence-electron chi connectivity index (χ2n) is 4.57. The van der Waals surface area contributed by atoms with Crippen LogP contribution in [-0.4, -0.2) is 11.5 Å². The first-order valence-corrected chi connectivity index (χ1v) is 8.87. The molecule has 1 N–H and O–H groups in total. The van der Waals surface area contributed by atoms with Crippen LogP contribution in [0.25, 0.3) is 0 Å². The molecule has 0 bridgehead atoms. The Morgan fingerprint density at radius 1 is 1.19 bits per heavy atom. The SMILES string of the molecule is CCNC(Cc1cc(Br)ccc1F)c1ncc(Br)cc1Br. The lowest BCUT2D eigenvalue weighted by molar-refractivity contribution is 0.516. The largest absolute Gasteiger partial charge is 0.309 e. The molecule has 0 saturated carbocycles. The monoisotopic (exact) mass is 478 g/mol. The fourth-order valence-electron chi connectivity index (χ4n) is 2.11. The van der Waals surface area contributed by atoms with Gasteiger partial charge in [-0.25, -0.2) is 4.39 Å². The van der Waals surface area contributed by atoms with Gasteiger partial charge in [0.2, 0.25) is 0 Å². The Labute approximate surface area is 148 Å².